The van der Waals surface area contributed by atoms with Crippen LogP contribution in [0, 0.1) is 5.92 Å². The first-order valence-electron chi connectivity index (χ1n) is 8.51. The number of anilines is 1. The molecule has 0 N–H and O–H groups in total. The van der Waals surface area contributed by atoms with Gasteiger partial charge in [0.2, 0.25) is 0 Å². The van der Waals surface area contributed by atoms with Crippen molar-refractivity contribution in [3.8, 4) is 0 Å². The van der Waals surface area contributed by atoms with E-state index in [2.05, 4.69) is 73.3 Å². The molecule has 0 amide bonds. The Bertz CT molecular complexity index is 424. The monoisotopic (exact) mass is 286 g/mol. The van der Waals surface area contributed by atoms with E-state index >= 15 is 0 Å². The third-order valence-corrected chi connectivity index (χ3v) is 4.21. The van der Waals surface area contributed by atoms with Crippen LogP contribution in [0.1, 0.15) is 52.9 Å². The number of para-hydroxylation sites is 1. The summed E-state index contributed by atoms with van der Waals surface area (Å²) >= 11 is 0. The maximum Gasteiger partial charge on any atom is 0.108 e. The van der Waals surface area contributed by atoms with Gasteiger partial charge in [0.1, 0.15) is 6.17 Å². The van der Waals surface area contributed by atoms with Gasteiger partial charge in [-0.05, 0) is 24.5 Å². The highest BCUT2D eigenvalue weighted by atomic mass is 15.4. The molecule has 1 aromatic rings. The van der Waals surface area contributed by atoms with E-state index in [4.69, 9.17) is 0 Å². The molecule has 0 saturated heterocycles. The summed E-state index contributed by atoms with van der Waals surface area (Å²) in [4.78, 5) is 4.93. The number of hydrogen-bond acceptors (Lipinski definition) is 2. The van der Waals surface area contributed by atoms with Crippen LogP contribution in [0.15, 0.2) is 42.7 Å². The maximum atomic E-state index is 2.52. The Balaban J connectivity index is 1.93. The lowest BCUT2D eigenvalue weighted by atomic mass is 10.1. The second-order valence-corrected chi connectivity index (χ2v) is 6.35. The van der Waals surface area contributed by atoms with E-state index in [0.29, 0.717) is 12.1 Å². The van der Waals surface area contributed by atoms with Crippen molar-refractivity contribution in [1.29, 1.82) is 0 Å². The summed E-state index contributed by atoms with van der Waals surface area (Å²) < 4.78 is 0. The topological polar surface area (TPSA) is 6.48 Å². The molecule has 21 heavy (non-hydrogen) atoms. The van der Waals surface area contributed by atoms with E-state index in [-0.39, 0.29) is 0 Å². The molecule has 1 atom stereocenters. The van der Waals surface area contributed by atoms with Gasteiger partial charge < -0.3 is 9.80 Å². The first-order valence-corrected chi connectivity index (χ1v) is 8.51. The molecule has 0 spiro atoms. The summed E-state index contributed by atoms with van der Waals surface area (Å²) in [7, 11) is 0. The molecule has 1 aliphatic heterocycles. The number of nitrogens with zero attached hydrogens (tertiary/aromatic N) is 2. The normalized spacial score (nSPS) is 18.0. The van der Waals surface area contributed by atoms with Crippen molar-refractivity contribution in [1.82, 2.24) is 4.90 Å². The van der Waals surface area contributed by atoms with Gasteiger partial charge in [-0.2, -0.15) is 0 Å². The average Bonchev–Trinajstić information content (AvgIpc) is 2.92. The van der Waals surface area contributed by atoms with Gasteiger partial charge in [0.05, 0.1) is 0 Å². The standard InChI is InChI=1S/C19H30N2/c1-4-5-6-7-11-14-20-15-16-21(19(20)17(2)3)18-12-9-8-10-13-18/h8-10,12-13,15-17,19H,4-7,11,14H2,1-3H3. The van der Waals surface area contributed by atoms with Crippen LogP contribution in [0.3, 0.4) is 0 Å². The second kappa shape index (κ2) is 8.11. The van der Waals surface area contributed by atoms with Crippen LogP contribution >= 0.6 is 0 Å². The highest BCUT2D eigenvalue weighted by molar-refractivity contribution is 5.51. The predicted octanol–water partition coefficient (Wildman–Crippen LogP) is 5.23. The zero-order valence-electron chi connectivity index (χ0n) is 13.8. The maximum absolute atomic E-state index is 2.52. The fraction of sp³-hybridized carbons (Fsp3) is 0.579. The molecule has 0 aliphatic carbocycles. The lowest BCUT2D eigenvalue weighted by Gasteiger charge is -2.35. The first-order chi connectivity index (χ1) is 10.2. The fourth-order valence-corrected chi connectivity index (χ4v) is 3.14. The molecule has 116 valence electrons. The van der Waals surface area contributed by atoms with Crippen molar-refractivity contribution in [3.63, 3.8) is 0 Å². The minimum absolute atomic E-state index is 0.457. The van der Waals surface area contributed by atoms with E-state index in [1.165, 1.54) is 44.3 Å². The van der Waals surface area contributed by atoms with Crippen LogP contribution in [-0.4, -0.2) is 17.6 Å². The second-order valence-electron chi connectivity index (χ2n) is 6.35. The molecule has 0 radical (unpaired) electrons. The molecule has 1 unspecified atom stereocenters. The van der Waals surface area contributed by atoms with E-state index in [1.54, 1.807) is 0 Å². The zero-order valence-corrected chi connectivity index (χ0v) is 13.8. The van der Waals surface area contributed by atoms with Crippen LogP contribution in [0.5, 0.6) is 0 Å². The van der Waals surface area contributed by atoms with Gasteiger partial charge >= 0.3 is 0 Å². The van der Waals surface area contributed by atoms with Gasteiger partial charge in [-0.1, -0.05) is 64.7 Å². The molecule has 0 saturated carbocycles. The number of unbranched alkanes of at least 4 members (excludes halogenated alkanes) is 4. The molecule has 2 heteroatoms. The van der Waals surface area contributed by atoms with E-state index in [0.717, 1.165) is 0 Å². The minimum atomic E-state index is 0.457. The summed E-state index contributed by atoms with van der Waals surface area (Å²) in [6, 6.07) is 10.7. The Hall–Kier alpha value is -1.44. The van der Waals surface area contributed by atoms with E-state index in [9.17, 15) is 0 Å². The third kappa shape index (κ3) is 4.26. The highest BCUT2D eigenvalue weighted by Crippen LogP contribution is 2.28. The molecular formula is C19H30N2. The van der Waals surface area contributed by atoms with Gasteiger partial charge in [0, 0.05) is 24.6 Å². The molecule has 1 aliphatic rings. The van der Waals surface area contributed by atoms with Gasteiger partial charge in [-0.3, -0.25) is 0 Å². The lowest BCUT2D eigenvalue weighted by molar-refractivity contribution is 0.237. The molecule has 1 aromatic carbocycles. The quantitative estimate of drug-likeness (QED) is 0.604. The van der Waals surface area contributed by atoms with Crippen LogP contribution < -0.4 is 4.90 Å². The number of benzene rings is 1. The Labute approximate surface area is 130 Å². The average molecular weight is 286 g/mol. The SMILES string of the molecule is CCCCCCCN1C=CN(c2ccccc2)C1C(C)C. The largest absolute Gasteiger partial charge is 0.355 e. The molecule has 0 aromatic heterocycles. The highest BCUT2D eigenvalue weighted by Gasteiger charge is 2.29. The third-order valence-electron chi connectivity index (χ3n) is 4.21. The predicted molar refractivity (Wildman–Crippen MR) is 92.2 cm³/mol. The Morgan fingerprint density at radius 3 is 2.33 bits per heavy atom. The molecule has 0 bridgehead atoms. The Morgan fingerprint density at radius 1 is 0.952 bits per heavy atom. The van der Waals surface area contributed by atoms with Crippen molar-refractivity contribution in [2.24, 2.45) is 5.92 Å². The number of hydrogen-bond donors (Lipinski definition) is 0. The van der Waals surface area contributed by atoms with E-state index < -0.39 is 0 Å². The Morgan fingerprint density at radius 2 is 1.67 bits per heavy atom. The molecule has 0 fully saturated rings. The van der Waals surface area contributed by atoms with E-state index in [1.807, 2.05) is 0 Å². The first kappa shape index (κ1) is 15.9. The van der Waals surface area contributed by atoms with Crippen molar-refractivity contribution < 1.29 is 0 Å². The molecule has 2 rings (SSSR count). The lowest BCUT2D eigenvalue weighted by Crippen LogP contribution is -2.43. The van der Waals surface area contributed by atoms with Crippen LogP contribution in [0.25, 0.3) is 0 Å². The summed E-state index contributed by atoms with van der Waals surface area (Å²) in [5.74, 6) is 0.607. The summed E-state index contributed by atoms with van der Waals surface area (Å²) in [6.07, 6.45) is 11.7. The van der Waals surface area contributed by atoms with Gasteiger partial charge in [-0.15, -0.1) is 0 Å². The fourth-order valence-electron chi connectivity index (χ4n) is 3.14. The Kier molecular flexibility index (Phi) is 6.16. The summed E-state index contributed by atoms with van der Waals surface area (Å²) in [5.41, 5.74) is 1.29. The van der Waals surface area contributed by atoms with Gasteiger partial charge in [-0.25, -0.2) is 0 Å². The van der Waals surface area contributed by atoms with Crippen LogP contribution in [0.4, 0.5) is 5.69 Å². The van der Waals surface area contributed by atoms with Crippen molar-refractivity contribution >= 4 is 5.69 Å². The molecule has 2 nitrogen and oxygen atoms in total. The van der Waals surface area contributed by atoms with Gasteiger partial charge in [0.15, 0.2) is 0 Å². The summed E-state index contributed by atoms with van der Waals surface area (Å²) in [5, 5.41) is 0. The smallest absolute Gasteiger partial charge is 0.108 e. The molecular weight excluding hydrogens is 256 g/mol. The van der Waals surface area contributed by atoms with Crippen LogP contribution in [0.2, 0.25) is 0 Å². The van der Waals surface area contributed by atoms with Crippen molar-refractivity contribution in [2.45, 2.75) is 59.0 Å². The number of rotatable bonds is 8. The van der Waals surface area contributed by atoms with Gasteiger partial charge in [0.25, 0.3) is 0 Å². The minimum Gasteiger partial charge on any atom is -0.355 e. The van der Waals surface area contributed by atoms with Crippen molar-refractivity contribution in [3.05, 3.63) is 42.7 Å². The van der Waals surface area contributed by atoms with Crippen molar-refractivity contribution in [2.75, 3.05) is 11.4 Å². The molecule has 1 heterocycles. The zero-order chi connectivity index (χ0) is 15.1. The van der Waals surface area contributed by atoms with Crippen LogP contribution in [-0.2, 0) is 0 Å². The summed E-state index contributed by atoms with van der Waals surface area (Å²) in [6.45, 7) is 8.08.